The van der Waals surface area contributed by atoms with Gasteiger partial charge in [0, 0.05) is 5.02 Å². The van der Waals surface area contributed by atoms with Crippen LogP contribution in [0, 0.1) is 0 Å². The smallest absolute Gasteiger partial charge is 0.119 e. The number of aromatic hydroxyl groups is 1. The molecule has 16 heavy (non-hydrogen) atoms. The Kier molecular flexibility index (Phi) is 6.41. The Labute approximate surface area is 101 Å². The summed E-state index contributed by atoms with van der Waals surface area (Å²) in [7, 11) is 0. The molecule has 0 unspecified atom stereocenters. The van der Waals surface area contributed by atoms with Crippen LogP contribution >= 0.6 is 11.6 Å². The van der Waals surface area contributed by atoms with Crippen LogP contribution in [0.3, 0.4) is 0 Å². The maximum absolute atomic E-state index is 9.73. The zero-order chi connectivity index (χ0) is 9.97. The zero-order valence-corrected chi connectivity index (χ0v) is 9.93. The molecule has 0 aliphatic heterocycles. The average Bonchev–Trinajstić information content (AvgIpc) is 2.23. The molecular weight excluding hydrogens is 228 g/mol. The number of hydrogen-bond acceptors (Lipinski definition) is 1. The van der Waals surface area contributed by atoms with Crippen LogP contribution in [-0.2, 0) is 0 Å². The first-order valence-electron chi connectivity index (χ1n) is 5.26. The van der Waals surface area contributed by atoms with Crippen molar-refractivity contribution in [3.8, 4) is 5.75 Å². The van der Waals surface area contributed by atoms with E-state index in [1.807, 2.05) is 6.07 Å². The van der Waals surface area contributed by atoms with Gasteiger partial charge in [0.1, 0.15) is 5.75 Å². The van der Waals surface area contributed by atoms with Gasteiger partial charge in [-0.25, -0.2) is 0 Å². The van der Waals surface area contributed by atoms with E-state index >= 15 is 0 Å². The van der Waals surface area contributed by atoms with Gasteiger partial charge in [-0.15, -0.1) is 0 Å². The van der Waals surface area contributed by atoms with Crippen LogP contribution < -0.4 is 0 Å². The van der Waals surface area contributed by atoms with Crippen molar-refractivity contribution in [2.24, 2.45) is 0 Å². The van der Waals surface area contributed by atoms with Gasteiger partial charge in [-0.05, 0) is 42.5 Å². The highest BCUT2D eigenvalue weighted by Crippen LogP contribution is 2.37. The Bertz CT molecular complexity index is 322. The highest BCUT2D eigenvalue weighted by Gasteiger charge is 2.18. The third-order valence-electron chi connectivity index (χ3n) is 3.03. The molecule has 0 spiro atoms. The first-order chi connectivity index (χ1) is 6.77. The Hall–Kier alpha value is -0.770. The quantitative estimate of drug-likeness (QED) is 0.811. The standard InChI is InChI=1S/C12H15ClO.2H2O/c13-10-6-7-12(14)11(8-10)9-4-2-1-3-5-9;;/h6-9,14H,1-5H2;2*1H2. The summed E-state index contributed by atoms with van der Waals surface area (Å²) >= 11 is 5.92. The van der Waals surface area contributed by atoms with Crippen LogP contribution in [0.4, 0.5) is 0 Å². The molecule has 2 rings (SSSR count). The molecule has 0 atom stereocenters. The van der Waals surface area contributed by atoms with Crippen molar-refractivity contribution >= 4 is 11.6 Å². The minimum atomic E-state index is 0. The van der Waals surface area contributed by atoms with E-state index in [0.717, 1.165) is 10.6 Å². The maximum Gasteiger partial charge on any atom is 0.119 e. The lowest BCUT2D eigenvalue weighted by molar-refractivity contribution is 0.414. The molecule has 1 aromatic rings. The second kappa shape index (κ2) is 6.74. The molecule has 1 aliphatic carbocycles. The summed E-state index contributed by atoms with van der Waals surface area (Å²) in [6.07, 6.45) is 6.26. The fraction of sp³-hybridized carbons (Fsp3) is 0.500. The molecule has 1 aliphatic rings. The first-order valence-corrected chi connectivity index (χ1v) is 5.63. The molecule has 3 nitrogen and oxygen atoms in total. The Morgan fingerprint density at radius 1 is 1.06 bits per heavy atom. The average molecular weight is 247 g/mol. The van der Waals surface area contributed by atoms with Crippen molar-refractivity contribution in [2.75, 3.05) is 0 Å². The molecule has 0 amide bonds. The topological polar surface area (TPSA) is 83.2 Å². The van der Waals surface area contributed by atoms with Crippen LogP contribution in [-0.4, -0.2) is 16.1 Å². The SMILES string of the molecule is O.O.Oc1ccc(Cl)cc1C1CCCCC1. The molecule has 0 saturated heterocycles. The molecule has 4 heteroatoms. The summed E-state index contributed by atoms with van der Waals surface area (Å²) in [5.41, 5.74) is 1.04. The molecular formula is C12H19ClO3. The highest BCUT2D eigenvalue weighted by atomic mass is 35.5. The summed E-state index contributed by atoms with van der Waals surface area (Å²) < 4.78 is 0. The fourth-order valence-corrected chi connectivity index (χ4v) is 2.45. The highest BCUT2D eigenvalue weighted by molar-refractivity contribution is 6.30. The number of phenols is 1. The van der Waals surface area contributed by atoms with Crippen LogP contribution in [0.2, 0.25) is 5.02 Å². The third-order valence-corrected chi connectivity index (χ3v) is 3.27. The molecule has 92 valence electrons. The van der Waals surface area contributed by atoms with Crippen LogP contribution in [0.1, 0.15) is 43.6 Å². The summed E-state index contributed by atoms with van der Waals surface area (Å²) in [5.74, 6) is 0.920. The van der Waals surface area contributed by atoms with Crippen molar-refractivity contribution in [3.63, 3.8) is 0 Å². The van der Waals surface area contributed by atoms with Crippen molar-refractivity contribution < 1.29 is 16.1 Å². The normalized spacial score (nSPS) is 16.1. The number of rotatable bonds is 1. The van der Waals surface area contributed by atoms with Gasteiger partial charge in [0.15, 0.2) is 0 Å². The van der Waals surface area contributed by atoms with E-state index in [-0.39, 0.29) is 11.0 Å². The molecule has 0 aromatic heterocycles. The van der Waals surface area contributed by atoms with Crippen molar-refractivity contribution in [1.29, 1.82) is 0 Å². The summed E-state index contributed by atoms with van der Waals surface area (Å²) in [6, 6.07) is 5.35. The number of benzene rings is 1. The van der Waals surface area contributed by atoms with Crippen LogP contribution in [0.25, 0.3) is 0 Å². The van der Waals surface area contributed by atoms with E-state index in [0.29, 0.717) is 11.7 Å². The van der Waals surface area contributed by atoms with Gasteiger partial charge in [-0.3, -0.25) is 0 Å². The van der Waals surface area contributed by atoms with E-state index in [1.165, 1.54) is 32.1 Å². The van der Waals surface area contributed by atoms with Crippen LogP contribution in [0.15, 0.2) is 18.2 Å². The summed E-state index contributed by atoms with van der Waals surface area (Å²) in [5, 5.41) is 10.5. The summed E-state index contributed by atoms with van der Waals surface area (Å²) in [4.78, 5) is 0. The van der Waals surface area contributed by atoms with Gasteiger partial charge < -0.3 is 16.1 Å². The molecule has 5 N–H and O–H groups in total. The third kappa shape index (κ3) is 3.37. The van der Waals surface area contributed by atoms with Gasteiger partial charge in [0.25, 0.3) is 0 Å². The van der Waals surface area contributed by atoms with Crippen molar-refractivity contribution in [2.45, 2.75) is 38.0 Å². The second-order valence-corrected chi connectivity index (χ2v) is 4.47. The predicted molar refractivity (Wildman–Crippen MR) is 66.2 cm³/mol. The van der Waals surface area contributed by atoms with E-state index in [4.69, 9.17) is 11.6 Å². The largest absolute Gasteiger partial charge is 0.508 e. The first kappa shape index (κ1) is 15.2. The lowest BCUT2D eigenvalue weighted by atomic mass is 9.84. The van der Waals surface area contributed by atoms with Gasteiger partial charge in [-0.1, -0.05) is 30.9 Å². The fourth-order valence-electron chi connectivity index (χ4n) is 2.27. The second-order valence-electron chi connectivity index (χ2n) is 4.04. The Balaban J connectivity index is 0.00000112. The van der Waals surface area contributed by atoms with Gasteiger partial charge in [0.05, 0.1) is 0 Å². The number of halogens is 1. The summed E-state index contributed by atoms with van der Waals surface area (Å²) in [6.45, 7) is 0. The maximum atomic E-state index is 9.73. The lowest BCUT2D eigenvalue weighted by Gasteiger charge is -2.22. The van der Waals surface area contributed by atoms with E-state index < -0.39 is 0 Å². The van der Waals surface area contributed by atoms with Gasteiger partial charge in [-0.2, -0.15) is 0 Å². The molecule has 0 radical (unpaired) electrons. The zero-order valence-electron chi connectivity index (χ0n) is 9.17. The molecule has 1 fully saturated rings. The van der Waals surface area contributed by atoms with Crippen molar-refractivity contribution in [1.82, 2.24) is 0 Å². The molecule has 0 heterocycles. The van der Waals surface area contributed by atoms with E-state index in [1.54, 1.807) is 12.1 Å². The number of hydrogen-bond donors (Lipinski definition) is 1. The van der Waals surface area contributed by atoms with Crippen LogP contribution in [0.5, 0.6) is 5.75 Å². The van der Waals surface area contributed by atoms with E-state index in [2.05, 4.69) is 0 Å². The van der Waals surface area contributed by atoms with Gasteiger partial charge in [0.2, 0.25) is 0 Å². The molecule has 0 bridgehead atoms. The lowest BCUT2D eigenvalue weighted by Crippen LogP contribution is -2.04. The number of phenolic OH excluding ortho intramolecular Hbond substituents is 1. The van der Waals surface area contributed by atoms with Gasteiger partial charge >= 0.3 is 0 Å². The predicted octanol–water partition coefficient (Wildman–Crippen LogP) is 2.44. The minimum absolute atomic E-state index is 0. The monoisotopic (exact) mass is 246 g/mol. The Morgan fingerprint density at radius 3 is 2.31 bits per heavy atom. The molecule has 1 saturated carbocycles. The van der Waals surface area contributed by atoms with E-state index in [9.17, 15) is 5.11 Å². The molecule has 1 aromatic carbocycles. The minimum Gasteiger partial charge on any atom is -0.508 e. The Morgan fingerprint density at radius 2 is 1.69 bits per heavy atom. The van der Waals surface area contributed by atoms with Crippen molar-refractivity contribution in [3.05, 3.63) is 28.8 Å².